The predicted molar refractivity (Wildman–Crippen MR) is 118 cm³/mol. The molecule has 2 unspecified atom stereocenters. The highest BCUT2D eigenvalue weighted by Gasteiger charge is 2.29. The third-order valence-corrected chi connectivity index (χ3v) is 5.75. The molecule has 1 amide bonds. The van der Waals surface area contributed by atoms with E-state index in [4.69, 9.17) is 4.74 Å². The minimum absolute atomic E-state index is 0.0491. The van der Waals surface area contributed by atoms with Crippen LogP contribution in [0.3, 0.4) is 0 Å². The normalized spacial score (nSPS) is 14.6. The van der Waals surface area contributed by atoms with Crippen LogP contribution in [0, 0.1) is 0 Å². The van der Waals surface area contributed by atoms with Gasteiger partial charge < -0.3 is 25.3 Å². The summed E-state index contributed by atoms with van der Waals surface area (Å²) in [5, 5.41) is 23.2. The predicted octanol–water partition coefficient (Wildman–Crippen LogP) is 2.89. The molecule has 0 bridgehead atoms. The summed E-state index contributed by atoms with van der Waals surface area (Å²) in [6.45, 7) is -0.0150. The number of carbonyl (C=O) groups excluding carboxylic acids is 1. The quantitative estimate of drug-likeness (QED) is 0.373. The van der Waals surface area contributed by atoms with Crippen LogP contribution >= 0.6 is 0 Å². The highest BCUT2D eigenvalue weighted by atomic mass is 16.5. The average molecular weight is 430 g/mol. The second-order valence-electron chi connectivity index (χ2n) is 7.73. The Balaban J connectivity index is 1.18. The molecule has 8 heteroatoms. The standard InChI is InChI=1S/C24H22N4O4/c29-21(22(30)20-11-26-23-19(28-20)9-10-25-23)12-27-24(31)32-13-18-16-7-3-1-5-14(16)15-6-2-4-8-17(15)18/h1-11,18,21-22,29-30H,12-13H2,(H,25,26)(H,27,31). The molecule has 0 aliphatic heterocycles. The van der Waals surface area contributed by atoms with Crippen molar-refractivity contribution >= 4 is 17.3 Å². The number of aliphatic hydroxyl groups excluding tert-OH is 2. The Labute approximate surface area is 183 Å². The van der Waals surface area contributed by atoms with Crippen molar-refractivity contribution in [3.63, 3.8) is 0 Å². The first kappa shape index (κ1) is 20.2. The third-order valence-electron chi connectivity index (χ3n) is 5.75. The summed E-state index contributed by atoms with van der Waals surface area (Å²) in [7, 11) is 0. The number of nitrogens with zero attached hydrogens (tertiary/aromatic N) is 2. The molecule has 162 valence electrons. The summed E-state index contributed by atoms with van der Waals surface area (Å²) in [6.07, 6.45) is -0.141. The minimum Gasteiger partial charge on any atom is -0.449 e. The number of nitrogens with one attached hydrogen (secondary N) is 2. The van der Waals surface area contributed by atoms with Gasteiger partial charge in [0.15, 0.2) is 5.65 Å². The lowest BCUT2D eigenvalue weighted by Gasteiger charge is -2.18. The fraction of sp³-hybridized carbons (Fsp3) is 0.208. The minimum atomic E-state index is -1.30. The Morgan fingerprint density at radius 3 is 2.47 bits per heavy atom. The van der Waals surface area contributed by atoms with Gasteiger partial charge in [0.05, 0.1) is 11.9 Å². The molecule has 32 heavy (non-hydrogen) atoms. The van der Waals surface area contributed by atoms with Crippen LogP contribution in [0.25, 0.3) is 22.3 Å². The summed E-state index contributed by atoms with van der Waals surface area (Å²) < 4.78 is 5.45. The molecule has 0 saturated carbocycles. The Morgan fingerprint density at radius 2 is 1.75 bits per heavy atom. The van der Waals surface area contributed by atoms with Crippen molar-refractivity contribution in [3.05, 3.63) is 83.8 Å². The first-order valence-corrected chi connectivity index (χ1v) is 10.4. The molecule has 0 fully saturated rings. The largest absolute Gasteiger partial charge is 0.449 e. The Kier molecular flexibility index (Phi) is 5.30. The molecule has 1 aliphatic rings. The van der Waals surface area contributed by atoms with Crippen LogP contribution in [0.5, 0.6) is 0 Å². The second kappa shape index (κ2) is 8.41. The van der Waals surface area contributed by atoms with Gasteiger partial charge in [-0.25, -0.2) is 14.8 Å². The van der Waals surface area contributed by atoms with Gasteiger partial charge in [0.1, 0.15) is 24.3 Å². The fourth-order valence-corrected chi connectivity index (χ4v) is 4.13. The molecule has 8 nitrogen and oxygen atoms in total. The monoisotopic (exact) mass is 430 g/mol. The summed E-state index contributed by atoms with van der Waals surface area (Å²) in [5.74, 6) is -0.0491. The number of carbonyl (C=O) groups is 1. The smallest absolute Gasteiger partial charge is 0.407 e. The molecule has 4 aromatic rings. The van der Waals surface area contributed by atoms with Crippen molar-refractivity contribution < 1.29 is 19.7 Å². The number of fused-ring (bicyclic) bond motifs is 4. The Morgan fingerprint density at radius 1 is 1.06 bits per heavy atom. The van der Waals surface area contributed by atoms with Gasteiger partial charge in [0, 0.05) is 18.7 Å². The van der Waals surface area contributed by atoms with E-state index in [9.17, 15) is 15.0 Å². The summed E-state index contributed by atoms with van der Waals surface area (Å²) in [5.41, 5.74) is 5.93. The van der Waals surface area contributed by atoms with E-state index < -0.39 is 18.3 Å². The molecule has 0 saturated heterocycles. The van der Waals surface area contributed by atoms with Gasteiger partial charge in [-0.3, -0.25) is 0 Å². The van der Waals surface area contributed by atoms with Gasteiger partial charge in [-0.2, -0.15) is 0 Å². The van der Waals surface area contributed by atoms with E-state index in [1.165, 1.54) is 6.20 Å². The van der Waals surface area contributed by atoms with Gasteiger partial charge in [0.25, 0.3) is 0 Å². The number of H-pyrrole nitrogens is 1. The maximum Gasteiger partial charge on any atom is 0.407 e. The van der Waals surface area contributed by atoms with Crippen LogP contribution < -0.4 is 5.32 Å². The molecule has 4 N–H and O–H groups in total. The first-order chi connectivity index (χ1) is 15.6. The zero-order valence-corrected chi connectivity index (χ0v) is 17.1. The molecule has 2 aromatic heterocycles. The number of ether oxygens (including phenoxy) is 1. The third kappa shape index (κ3) is 3.70. The number of amides is 1. The maximum absolute atomic E-state index is 12.3. The topological polar surface area (TPSA) is 120 Å². The molecule has 2 aromatic carbocycles. The SMILES string of the molecule is O=C(NCC(O)C(O)c1cnc2[nH]ccc2n1)OCC1c2ccccc2-c2ccccc21. The lowest BCUT2D eigenvalue weighted by Crippen LogP contribution is -2.36. The van der Waals surface area contributed by atoms with E-state index in [0.29, 0.717) is 11.2 Å². The van der Waals surface area contributed by atoms with Gasteiger partial charge >= 0.3 is 6.09 Å². The zero-order chi connectivity index (χ0) is 22.1. The summed E-state index contributed by atoms with van der Waals surface area (Å²) in [4.78, 5) is 23.6. The lowest BCUT2D eigenvalue weighted by molar-refractivity contribution is 0.0160. The number of aliphatic hydroxyl groups is 2. The van der Waals surface area contributed by atoms with Crippen LogP contribution in [-0.4, -0.2) is 50.5 Å². The molecule has 2 heterocycles. The van der Waals surface area contributed by atoms with Crippen LogP contribution in [0.15, 0.2) is 67.0 Å². The summed E-state index contributed by atoms with van der Waals surface area (Å²) >= 11 is 0. The van der Waals surface area contributed by atoms with E-state index in [1.54, 1.807) is 12.3 Å². The van der Waals surface area contributed by atoms with Gasteiger partial charge in [-0.05, 0) is 28.3 Å². The van der Waals surface area contributed by atoms with E-state index in [-0.39, 0.29) is 24.8 Å². The van der Waals surface area contributed by atoms with Crippen molar-refractivity contribution in [1.29, 1.82) is 0 Å². The summed E-state index contributed by atoms with van der Waals surface area (Å²) in [6, 6.07) is 17.9. The van der Waals surface area contributed by atoms with E-state index in [1.807, 2.05) is 36.4 Å². The molecule has 0 spiro atoms. The van der Waals surface area contributed by atoms with Crippen molar-refractivity contribution in [2.75, 3.05) is 13.2 Å². The van der Waals surface area contributed by atoms with Crippen molar-refractivity contribution in [1.82, 2.24) is 20.3 Å². The van der Waals surface area contributed by atoms with Gasteiger partial charge in [0.2, 0.25) is 0 Å². The molecule has 1 aliphatic carbocycles. The van der Waals surface area contributed by atoms with Crippen LogP contribution in [0.2, 0.25) is 0 Å². The highest BCUT2D eigenvalue weighted by molar-refractivity contribution is 5.79. The van der Waals surface area contributed by atoms with Gasteiger partial charge in [-0.1, -0.05) is 48.5 Å². The van der Waals surface area contributed by atoms with Crippen molar-refractivity contribution in [3.8, 4) is 11.1 Å². The first-order valence-electron chi connectivity index (χ1n) is 10.4. The van der Waals surface area contributed by atoms with Crippen LogP contribution in [0.4, 0.5) is 4.79 Å². The second-order valence-corrected chi connectivity index (χ2v) is 7.73. The van der Waals surface area contributed by atoms with E-state index >= 15 is 0 Å². The van der Waals surface area contributed by atoms with Crippen LogP contribution in [0.1, 0.15) is 28.8 Å². The molecular formula is C24H22N4O4. The number of rotatable bonds is 6. The fourth-order valence-electron chi connectivity index (χ4n) is 4.13. The molecule has 2 atom stereocenters. The van der Waals surface area contributed by atoms with Crippen molar-refractivity contribution in [2.24, 2.45) is 0 Å². The van der Waals surface area contributed by atoms with E-state index in [2.05, 4.69) is 32.4 Å². The van der Waals surface area contributed by atoms with Crippen molar-refractivity contribution in [2.45, 2.75) is 18.1 Å². The number of hydrogen-bond acceptors (Lipinski definition) is 6. The number of aromatic amines is 1. The van der Waals surface area contributed by atoms with Crippen LogP contribution in [-0.2, 0) is 4.74 Å². The molecule has 5 rings (SSSR count). The number of hydrogen-bond donors (Lipinski definition) is 4. The van der Waals surface area contributed by atoms with E-state index in [0.717, 1.165) is 22.3 Å². The Bertz CT molecular complexity index is 1230. The maximum atomic E-state index is 12.3. The molecular weight excluding hydrogens is 408 g/mol. The van der Waals surface area contributed by atoms with Gasteiger partial charge in [-0.15, -0.1) is 0 Å². The highest BCUT2D eigenvalue weighted by Crippen LogP contribution is 2.44. The zero-order valence-electron chi connectivity index (χ0n) is 17.1. The number of aromatic nitrogens is 3. The number of alkyl carbamates (subject to hydrolysis) is 1. The lowest BCUT2D eigenvalue weighted by atomic mass is 9.98. The molecule has 0 radical (unpaired) electrons. The Hall–Kier alpha value is -3.75. The number of benzene rings is 2. The average Bonchev–Trinajstić information content (AvgIpc) is 3.42.